The van der Waals surface area contributed by atoms with Gasteiger partial charge in [-0.1, -0.05) is 13.8 Å². The molecule has 3 unspecified atom stereocenters. The standard InChI is InChI=1S/C14H18BrClO3S/c1-9-3-4-11(7-10(9)2)19-14-6-5-12(8-13(14)15)20(16,17)18/h5-6,8-11H,3-4,7H2,1-2H3. The van der Waals surface area contributed by atoms with Crippen LogP contribution in [0.4, 0.5) is 0 Å². The van der Waals surface area contributed by atoms with Crippen LogP contribution < -0.4 is 4.74 Å². The second-order valence-corrected chi connectivity index (χ2v) is 8.96. The molecule has 3 atom stereocenters. The van der Waals surface area contributed by atoms with Gasteiger partial charge in [-0.2, -0.15) is 0 Å². The molecule has 6 heteroatoms. The average Bonchev–Trinajstić information content (AvgIpc) is 2.35. The Labute approximate surface area is 133 Å². The zero-order valence-corrected chi connectivity index (χ0v) is 14.6. The first kappa shape index (κ1) is 16.1. The van der Waals surface area contributed by atoms with Crippen molar-refractivity contribution in [3.63, 3.8) is 0 Å². The Morgan fingerprint density at radius 3 is 2.50 bits per heavy atom. The van der Waals surface area contributed by atoms with E-state index in [1.807, 2.05) is 0 Å². The molecular formula is C14H18BrClO3S. The Balaban J connectivity index is 2.11. The molecule has 112 valence electrons. The van der Waals surface area contributed by atoms with Crippen LogP contribution in [0, 0.1) is 11.8 Å². The number of halogens is 2. The molecule has 0 N–H and O–H groups in total. The van der Waals surface area contributed by atoms with Gasteiger partial charge in [-0.05, 0) is 65.2 Å². The fourth-order valence-corrected chi connectivity index (χ4v) is 3.91. The van der Waals surface area contributed by atoms with Crippen molar-refractivity contribution < 1.29 is 13.2 Å². The van der Waals surface area contributed by atoms with E-state index in [4.69, 9.17) is 15.4 Å². The van der Waals surface area contributed by atoms with Crippen LogP contribution in [0.5, 0.6) is 5.75 Å². The van der Waals surface area contributed by atoms with Gasteiger partial charge in [0.15, 0.2) is 0 Å². The lowest BCUT2D eigenvalue weighted by Gasteiger charge is -2.32. The van der Waals surface area contributed by atoms with E-state index in [1.54, 1.807) is 6.07 Å². The summed E-state index contributed by atoms with van der Waals surface area (Å²) in [7, 11) is 1.62. The minimum absolute atomic E-state index is 0.0732. The van der Waals surface area contributed by atoms with Gasteiger partial charge in [0.2, 0.25) is 0 Å². The van der Waals surface area contributed by atoms with Crippen molar-refractivity contribution in [2.75, 3.05) is 0 Å². The Hall–Kier alpha value is -0.260. The monoisotopic (exact) mass is 380 g/mol. The first-order valence-electron chi connectivity index (χ1n) is 6.68. The van der Waals surface area contributed by atoms with Crippen LogP contribution in [-0.4, -0.2) is 14.5 Å². The molecule has 0 radical (unpaired) electrons. The van der Waals surface area contributed by atoms with Gasteiger partial charge >= 0.3 is 0 Å². The third-order valence-electron chi connectivity index (χ3n) is 4.03. The largest absolute Gasteiger partial charge is 0.489 e. The second kappa shape index (κ2) is 6.24. The SMILES string of the molecule is CC1CCC(Oc2ccc(S(=O)(=O)Cl)cc2Br)CC1C. The smallest absolute Gasteiger partial charge is 0.261 e. The maximum atomic E-state index is 11.3. The fraction of sp³-hybridized carbons (Fsp3) is 0.571. The molecule has 0 saturated heterocycles. The lowest BCUT2D eigenvalue weighted by Crippen LogP contribution is -2.28. The van der Waals surface area contributed by atoms with Gasteiger partial charge in [-0.15, -0.1) is 0 Å². The number of benzene rings is 1. The van der Waals surface area contributed by atoms with Crippen LogP contribution in [-0.2, 0) is 9.05 Å². The number of hydrogen-bond donors (Lipinski definition) is 0. The topological polar surface area (TPSA) is 43.4 Å². The van der Waals surface area contributed by atoms with Gasteiger partial charge < -0.3 is 4.74 Å². The predicted molar refractivity (Wildman–Crippen MR) is 83.8 cm³/mol. The molecule has 0 bridgehead atoms. The summed E-state index contributed by atoms with van der Waals surface area (Å²) in [6.45, 7) is 4.52. The van der Waals surface area contributed by atoms with Crippen molar-refractivity contribution in [1.29, 1.82) is 0 Å². The highest BCUT2D eigenvalue weighted by atomic mass is 79.9. The van der Waals surface area contributed by atoms with Gasteiger partial charge in [0.25, 0.3) is 9.05 Å². The molecule has 1 aromatic carbocycles. The molecule has 0 spiro atoms. The lowest BCUT2D eigenvalue weighted by molar-refractivity contribution is 0.0999. The van der Waals surface area contributed by atoms with E-state index in [1.165, 1.54) is 12.1 Å². The number of rotatable bonds is 3. The number of ether oxygens (including phenoxy) is 1. The van der Waals surface area contributed by atoms with E-state index in [9.17, 15) is 8.42 Å². The van der Waals surface area contributed by atoms with E-state index in [2.05, 4.69) is 29.8 Å². The van der Waals surface area contributed by atoms with Gasteiger partial charge in [0, 0.05) is 10.7 Å². The average molecular weight is 382 g/mol. The van der Waals surface area contributed by atoms with Crippen molar-refractivity contribution in [3.05, 3.63) is 22.7 Å². The Morgan fingerprint density at radius 2 is 1.95 bits per heavy atom. The maximum absolute atomic E-state index is 11.3. The summed E-state index contributed by atoms with van der Waals surface area (Å²) in [5, 5.41) is 0. The minimum atomic E-state index is -3.70. The summed E-state index contributed by atoms with van der Waals surface area (Å²) in [5.41, 5.74) is 0. The highest BCUT2D eigenvalue weighted by molar-refractivity contribution is 9.10. The van der Waals surface area contributed by atoms with E-state index >= 15 is 0 Å². The van der Waals surface area contributed by atoms with Crippen LogP contribution in [0.1, 0.15) is 33.1 Å². The molecule has 0 amide bonds. The van der Waals surface area contributed by atoms with E-state index in [0.717, 1.165) is 25.2 Å². The molecule has 1 aliphatic carbocycles. The van der Waals surface area contributed by atoms with Gasteiger partial charge in [-0.25, -0.2) is 8.42 Å². The third kappa shape index (κ3) is 3.89. The summed E-state index contributed by atoms with van der Waals surface area (Å²) >= 11 is 3.35. The van der Waals surface area contributed by atoms with Gasteiger partial charge in [0.05, 0.1) is 15.5 Å². The summed E-state index contributed by atoms with van der Waals surface area (Å²) in [6.07, 6.45) is 3.42. The molecule has 0 aromatic heterocycles. The van der Waals surface area contributed by atoms with E-state index in [0.29, 0.717) is 16.1 Å². The van der Waals surface area contributed by atoms with Crippen LogP contribution in [0.3, 0.4) is 0 Å². The Kier molecular flexibility index (Phi) is 5.03. The molecule has 20 heavy (non-hydrogen) atoms. The van der Waals surface area contributed by atoms with Crippen molar-refractivity contribution >= 4 is 35.7 Å². The molecule has 1 aliphatic rings. The quantitative estimate of drug-likeness (QED) is 0.720. The molecule has 1 fully saturated rings. The summed E-state index contributed by atoms with van der Waals surface area (Å²) in [5.74, 6) is 2.05. The summed E-state index contributed by atoms with van der Waals surface area (Å²) in [6, 6.07) is 4.60. The van der Waals surface area contributed by atoms with Crippen LogP contribution in [0.2, 0.25) is 0 Å². The van der Waals surface area contributed by atoms with Crippen molar-refractivity contribution in [2.24, 2.45) is 11.8 Å². The summed E-state index contributed by atoms with van der Waals surface area (Å²) < 4.78 is 29.1. The molecule has 0 heterocycles. The normalized spacial score (nSPS) is 27.3. The predicted octanol–water partition coefficient (Wildman–Crippen LogP) is 4.58. The first-order chi connectivity index (χ1) is 9.27. The Bertz CT molecular complexity index is 588. The number of hydrogen-bond acceptors (Lipinski definition) is 3. The zero-order valence-electron chi connectivity index (χ0n) is 11.5. The maximum Gasteiger partial charge on any atom is 0.261 e. The van der Waals surface area contributed by atoms with Crippen molar-refractivity contribution in [1.82, 2.24) is 0 Å². The van der Waals surface area contributed by atoms with Crippen molar-refractivity contribution in [2.45, 2.75) is 44.1 Å². The van der Waals surface area contributed by atoms with Gasteiger partial charge in [-0.3, -0.25) is 0 Å². The molecular weight excluding hydrogens is 364 g/mol. The molecule has 1 saturated carbocycles. The fourth-order valence-electron chi connectivity index (χ4n) is 2.51. The van der Waals surface area contributed by atoms with Crippen LogP contribution in [0.25, 0.3) is 0 Å². The molecule has 1 aromatic rings. The van der Waals surface area contributed by atoms with E-state index in [-0.39, 0.29) is 11.0 Å². The summed E-state index contributed by atoms with van der Waals surface area (Å²) in [4.78, 5) is 0.0732. The highest BCUT2D eigenvalue weighted by Gasteiger charge is 2.26. The van der Waals surface area contributed by atoms with Gasteiger partial charge in [0.1, 0.15) is 5.75 Å². The lowest BCUT2D eigenvalue weighted by atomic mass is 9.80. The second-order valence-electron chi connectivity index (χ2n) is 5.54. The molecule has 2 rings (SSSR count). The van der Waals surface area contributed by atoms with Crippen molar-refractivity contribution in [3.8, 4) is 5.75 Å². The highest BCUT2D eigenvalue weighted by Crippen LogP contribution is 2.35. The first-order valence-corrected chi connectivity index (χ1v) is 9.78. The molecule has 3 nitrogen and oxygen atoms in total. The molecule has 0 aliphatic heterocycles. The Morgan fingerprint density at radius 1 is 1.25 bits per heavy atom. The zero-order chi connectivity index (χ0) is 14.9. The third-order valence-corrected chi connectivity index (χ3v) is 6.00. The minimum Gasteiger partial charge on any atom is -0.489 e. The van der Waals surface area contributed by atoms with Crippen LogP contribution in [0.15, 0.2) is 27.6 Å². The van der Waals surface area contributed by atoms with E-state index < -0.39 is 9.05 Å². The van der Waals surface area contributed by atoms with Crippen LogP contribution >= 0.6 is 26.6 Å².